The van der Waals surface area contributed by atoms with Crippen LogP contribution in [0.5, 0.6) is 0 Å². The van der Waals surface area contributed by atoms with Crippen molar-refractivity contribution >= 4 is 5.69 Å². The number of hydrogen-bond donors (Lipinski definition) is 1. The first-order valence-electron chi connectivity index (χ1n) is 5.98. The van der Waals surface area contributed by atoms with Crippen molar-refractivity contribution in [3.63, 3.8) is 0 Å². The molecule has 1 heterocycles. The van der Waals surface area contributed by atoms with Gasteiger partial charge in [-0.05, 0) is 37.6 Å². The number of rotatable bonds is 3. The highest BCUT2D eigenvalue weighted by atomic mass is 19.1. The molecular weight excluding hydrogens is 219 g/mol. The lowest BCUT2D eigenvalue weighted by Gasteiger charge is -2.31. The minimum atomic E-state index is -0.331. The molecule has 1 fully saturated rings. The van der Waals surface area contributed by atoms with Crippen LogP contribution in [-0.2, 0) is 11.3 Å². The van der Waals surface area contributed by atoms with Crippen molar-refractivity contribution in [2.75, 3.05) is 26.0 Å². The molecule has 94 valence electrons. The molecule has 3 nitrogen and oxygen atoms in total. The summed E-state index contributed by atoms with van der Waals surface area (Å²) in [6, 6.07) is 5.56. The van der Waals surface area contributed by atoms with Gasteiger partial charge in [0.05, 0.1) is 5.69 Å². The van der Waals surface area contributed by atoms with E-state index in [2.05, 4.69) is 11.9 Å². The Morgan fingerprint density at radius 3 is 2.76 bits per heavy atom. The average molecular weight is 238 g/mol. The fourth-order valence-electron chi connectivity index (χ4n) is 2.21. The fraction of sp³-hybridized carbons (Fsp3) is 0.538. The number of benzene rings is 1. The van der Waals surface area contributed by atoms with Crippen LogP contribution in [0.1, 0.15) is 18.4 Å². The van der Waals surface area contributed by atoms with E-state index >= 15 is 0 Å². The average Bonchev–Trinajstić information content (AvgIpc) is 2.35. The van der Waals surface area contributed by atoms with Gasteiger partial charge in [0.25, 0.3) is 0 Å². The first-order valence-corrected chi connectivity index (χ1v) is 5.98. The third-order valence-corrected chi connectivity index (χ3v) is 3.31. The molecule has 0 bridgehead atoms. The standard InChI is InChI=1S/C13H19FN2O/c1-16(11-4-6-17-7-5-11)9-10-2-3-13(15)12(14)8-10/h2-3,8,11H,4-7,9,15H2,1H3. The van der Waals surface area contributed by atoms with Crippen molar-refractivity contribution in [3.8, 4) is 0 Å². The van der Waals surface area contributed by atoms with Crippen molar-refractivity contribution in [2.45, 2.75) is 25.4 Å². The zero-order valence-electron chi connectivity index (χ0n) is 10.2. The molecule has 0 saturated carbocycles. The Morgan fingerprint density at radius 1 is 1.41 bits per heavy atom. The Kier molecular flexibility index (Phi) is 3.97. The first kappa shape index (κ1) is 12.3. The van der Waals surface area contributed by atoms with Crippen LogP contribution in [-0.4, -0.2) is 31.2 Å². The van der Waals surface area contributed by atoms with E-state index in [0.29, 0.717) is 6.04 Å². The van der Waals surface area contributed by atoms with Crippen LogP contribution in [0.3, 0.4) is 0 Å². The predicted molar refractivity (Wildman–Crippen MR) is 66.1 cm³/mol. The molecule has 0 spiro atoms. The Balaban J connectivity index is 1.96. The molecule has 1 aromatic rings. The minimum absolute atomic E-state index is 0.211. The maximum Gasteiger partial charge on any atom is 0.146 e. The highest BCUT2D eigenvalue weighted by Gasteiger charge is 2.18. The van der Waals surface area contributed by atoms with E-state index in [9.17, 15) is 4.39 Å². The van der Waals surface area contributed by atoms with Gasteiger partial charge >= 0.3 is 0 Å². The number of nitrogens with zero attached hydrogens (tertiary/aromatic N) is 1. The summed E-state index contributed by atoms with van der Waals surface area (Å²) in [6.07, 6.45) is 2.10. The molecular formula is C13H19FN2O. The van der Waals surface area contributed by atoms with Gasteiger partial charge < -0.3 is 10.5 Å². The number of anilines is 1. The first-order chi connectivity index (χ1) is 8.16. The molecule has 0 amide bonds. The Morgan fingerprint density at radius 2 is 2.12 bits per heavy atom. The number of nitrogens with two attached hydrogens (primary N) is 1. The molecule has 0 unspecified atom stereocenters. The summed E-state index contributed by atoms with van der Waals surface area (Å²) in [5.41, 5.74) is 6.63. The van der Waals surface area contributed by atoms with Gasteiger partial charge in [-0.15, -0.1) is 0 Å². The molecule has 1 aromatic carbocycles. The third-order valence-electron chi connectivity index (χ3n) is 3.31. The lowest BCUT2D eigenvalue weighted by atomic mass is 10.1. The monoisotopic (exact) mass is 238 g/mol. The molecule has 1 saturated heterocycles. The quantitative estimate of drug-likeness (QED) is 0.819. The summed E-state index contributed by atoms with van der Waals surface area (Å²) in [7, 11) is 2.07. The molecule has 2 N–H and O–H groups in total. The highest BCUT2D eigenvalue weighted by molar-refractivity contribution is 5.41. The van der Waals surface area contributed by atoms with Gasteiger partial charge in [-0.1, -0.05) is 6.07 Å². The third kappa shape index (κ3) is 3.17. The predicted octanol–water partition coefficient (Wildman–Crippen LogP) is 2.02. The summed E-state index contributed by atoms with van der Waals surface area (Å²) in [5.74, 6) is -0.331. The van der Waals surface area contributed by atoms with E-state index in [-0.39, 0.29) is 11.5 Å². The lowest BCUT2D eigenvalue weighted by molar-refractivity contribution is 0.0406. The maximum absolute atomic E-state index is 13.3. The topological polar surface area (TPSA) is 38.5 Å². The second-order valence-corrected chi connectivity index (χ2v) is 4.61. The maximum atomic E-state index is 13.3. The number of hydrogen-bond acceptors (Lipinski definition) is 3. The van der Waals surface area contributed by atoms with Crippen molar-refractivity contribution < 1.29 is 9.13 Å². The minimum Gasteiger partial charge on any atom is -0.396 e. The molecule has 0 radical (unpaired) electrons. The summed E-state index contributed by atoms with van der Waals surface area (Å²) in [4.78, 5) is 2.26. The second kappa shape index (κ2) is 5.47. The summed E-state index contributed by atoms with van der Waals surface area (Å²) in [5, 5.41) is 0. The van der Waals surface area contributed by atoms with Gasteiger partial charge in [0.1, 0.15) is 5.82 Å². The van der Waals surface area contributed by atoms with Crippen LogP contribution in [0.2, 0.25) is 0 Å². The largest absolute Gasteiger partial charge is 0.396 e. The normalized spacial score (nSPS) is 17.6. The van der Waals surface area contributed by atoms with Crippen LogP contribution < -0.4 is 5.73 Å². The van der Waals surface area contributed by atoms with Crippen LogP contribution in [0, 0.1) is 5.82 Å². The van der Waals surface area contributed by atoms with E-state index in [1.54, 1.807) is 6.07 Å². The zero-order chi connectivity index (χ0) is 12.3. The van der Waals surface area contributed by atoms with Crippen molar-refractivity contribution in [1.82, 2.24) is 4.90 Å². The second-order valence-electron chi connectivity index (χ2n) is 4.61. The fourth-order valence-corrected chi connectivity index (χ4v) is 2.21. The summed E-state index contributed by atoms with van der Waals surface area (Å²) >= 11 is 0. The van der Waals surface area contributed by atoms with E-state index in [0.717, 1.165) is 38.2 Å². The summed E-state index contributed by atoms with van der Waals surface area (Å²) < 4.78 is 18.6. The summed E-state index contributed by atoms with van der Waals surface area (Å²) in [6.45, 7) is 2.40. The Labute approximate surface area is 101 Å². The molecule has 0 aromatic heterocycles. The van der Waals surface area contributed by atoms with E-state index in [1.165, 1.54) is 6.07 Å². The lowest BCUT2D eigenvalue weighted by Crippen LogP contribution is -2.36. The number of nitrogen functional groups attached to an aromatic ring is 1. The van der Waals surface area contributed by atoms with Gasteiger partial charge in [-0.3, -0.25) is 4.90 Å². The Hall–Kier alpha value is -1.13. The van der Waals surface area contributed by atoms with Gasteiger partial charge in [0.15, 0.2) is 0 Å². The molecule has 17 heavy (non-hydrogen) atoms. The molecule has 1 aliphatic heterocycles. The van der Waals surface area contributed by atoms with E-state index in [1.807, 2.05) is 6.07 Å². The van der Waals surface area contributed by atoms with E-state index < -0.39 is 0 Å². The molecule has 1 aliphatic rings. The molecule has 4 heteroatoms. The molecule has 0 aliphatic carbocycles. The van der Waals surface area contributed by atoms with Gasteiger partial charge in [0.2, 0.25) is 0 Å². The number of ether oxygens (including phenoxy) is 1. The van der Waals surface area contributed by atoms with Crippen molar-refractivity contribution in [2.24, 2.45) is 0 Å². The van der Waals surface area contributed by atoms with Crippen LogP contribution >= 0.6 is 0 Å². The highest BCUT2D eigenvalue weighted by Crippen LogP contribution is 2.17. The van der Waals surface area contributed by atoms with E-state index in [4.69, 9.17) is 10.5 Å². The van der Waals surface area contributed by atoms with Gasteiger partial charge in [0, 0.05) is 25.8 Å². The number of halogens is 1. The van der Waals surface area contributed by atoms with Crippen LogP contribution in [0.4, 0.5) is 10.1 Å². The Bertz CT molecular complexity index is 378. The zero-order valence-corrected chi connectivity index (χ0v) is 10.2. The SMILES string of the molecule is CN(Cc1ccc(N)c(F)c1)C1CCOCC1. The van der Waals surface area contributed by atoms with Crippen LogP contribution in [0.15, 0.2) is 18.2 Å². The van der Waals surface area contributed by atoms with Crippen molar-refractivity contribution in [1.29, 1.82) is 0 Å². The van der Waals surface area contributed by atoms with Gasteiger partial charge in [-0.2, -0.15) is 0 Å². The molecule has 2 rings (SSSR count). The van der Waals surface area contributed by atoms with Crippen LogP contribution in [0.25, 0.3) is 0 Å². The smallest absolute Gasteiger partial charge is 0.146 e. The van der Waals surface area contributed by atoms with Crippen molar-refractivity contribution in [3.05, 3.63) is 29.6 Å². The molecule has 0 atom stereocenters. The van der Waals surface area contributed by atoms with Gasteiger partial charge in [-0.25, -0.2) is 4.39 Å².